The first-order chi connectivity index (χ1) is 11.8. The van der Waals surface area contributed by atoms with Crippen molar-refractivity contribution < 1.29 is 8.42 Å². The summed E-state index contributed by atoms with van der Waals surface area (Å²) in [4.78, 5) is 2.32. The summed E-state index contributed by atoms with van der Waals surface area (Å²) in [6.45, 7) is 7.73. The maximum absolute atomic E-state index is 11.7. The van der Waals surface area contributed by atoms with Crippen molar-refractivity contribution in [3.05, 3.63) is 47.3 Å². The van der Waals surface area contributed by atoms with E-state index in [1.807, 2.05) is 11.6 Å². The molecule has 1 aromatic heterocycles. The van der Waals surface area contributed by atoms with E-state index in [2.05, 4.69) is 47.3 Å². The van der Waals surface area contributed by atoms with Crippen molar-refractivity contribution in [2.75, 3.05) is 32.4 Å². The summed E-state index contributed by atoms with van der Waals surface area (Å²) >= 11 is 0. The first-order valence-corrected chi connectivity index (χ1v) is 10.5. The molecule has 25 heavy (non-hydrogen) atoms. The molecule has 1 aliphatic heterocycles. The van der Waals surface area contributed by atoms with E-state index in [9.17, 15) is 8.42 Å². The SMILES string of the molecule is Cc1cc(C)n(-c2cccc(CN3CCCN(S(C)(=O)=O)CC3)c2)n1. The number of aryl methyl sites for hydroxylation is 2. The summed E-state index contributed by atoms with van der Waals surface area (Å²) in [5.74, 6) is 0. The van der Waals surface area contributed by atoms with Crippen LogP contribution >= 0.6 is 0 Å². The third kappa shape index (κ3) is 4.48. The van der Waals surface area contributed by atoms with Gasteiger partial charge >= 0.3 is 0 Å². The van der Waals surface area contributed by atoms with Gasteiger partial charge in [-0.15, -0.1) is 0 Å². The molecule has 3 rings (SSSR count). The van der Waals surface area contributed by atoms with Crippen molar-refractivity contribution in [3.63, 3.8) is 0 Å². The summed E-state index contributed by atoms with van der Waals surface area (Å²) in [5, 5.41) is 4.55. The molecule has 0 N–H and O–H groups in total. The van der Waals surface area contributed by atoms with Gasteiger partial charge < -0.3 is 0 Å². The zero-order chi connectivity index (χ0) is 18.0. The third-order valence-electron chi connectivity index (χ3n) is 4.59. The molecule has 1 saturated heterocycles. The van der Waals surface area contributed by atoms with Crippen LogP contribution in [-0.2, 0) is 16.6 Å². The van der Waals surface area contributed by atoms with Gasteiger partial charge in [0.1, 0.15) is 0 Å². The van der Waals surface area contributed by atoms with E-state index >= 15 is 0 Å². The van der Waals surface area contributed by atoms with E-state index in [1.165, 1.54) is 11.8 Å². The van der Waals surface area contributed by atoms with Crippen molar-refractivity contribution in [2.45, 2.75) is 26.8 Å². The van der Waals surface area contributed by atoms with Gasteiger partial charge in [0.05, 0.1) is 17.6 Å². The summed E-state index contributed by atoms with van der Waals surface area (Å²) in [7, 11) is -3.10. The van der Waals surface area contributed by atoms with Crippen LogP contribution in [0.4, 0.5) is 0 Å². The first-order valence-electron chi connectivity index (χ1n) is 8.63. The fraction of sp³-hybridized carbons (Fsp3) is 0.500. The highest BCUT2D eigenvalue weighted by Gasteiger charge is 2.21. The van der Waals surface area contributed by atoms with E-state index in [-0.39, 0.29) is 0 Å². The van der Waals surface area contributed by atoms with Gasteiger partial charge in [0, 0.05) is 31.9 Å². The molecule has 0 unspecified atom stereocenters. The zero-order valence-electron chi connectivity index (χ0n) is 15.1. The Morgan fingerprint density at radius 2 is 1.88 bits per heavy atom. The predicted octanol–water partition coefficient (Wildman–Crippen LogP) is 1.96. The third-order valence-corrected chi connectivity index (χ3v) is 5.89. The van der Waals surface area contributed by atoms with Crippen molar-refractivity contribution in [3.8, 4) is 5.69 Å². The van der Waals surface area contributed by atoms with Crippen LogP contribution in [0, 0.1) is 13.8 Å². The molecule has 0 bridgehead atoms. The number of nitrogens with zero attached hydrogens (tertiary/aromatic N) is 4. The topological polar surface area (TPSA) is 58.4 Å². The first kappa shape index (κ1) is 18.1. The molecule has 7 heteroatoms. The quantitative estimate of drug-likeness (QED) is 0.834. The second-order valence-corrected chi connectivity index (χ2v) is 8.78. The molecule has 0 atom stereocenters. The molecular formula is C18H26N4O2S. The number of hydrogen-bond acceptors (Lipinski definition) is 4. The molecule has 0 amide bonds. The van der Waals surface area contributed by atoms with Gasteiger partial charge in [-0.3, -0.25) is 4.90 Å². The van der Waals surface area contributed by atoms with Crippen LogP contribution in [-0.4, -0.2) is 59.8 Å². The lowest BCUT2D eigenvalue weighted by atomic mass is 10.2. The maximum atomic E-state index is 11.7. The van der Waals surface area contributed by atoms with Gasteiger partial charge in [0.15, 0.2) is 0 Å². The lowest BCUT2D eigenvalue weighted by Gasteiger charge is -2.21. The second-order valence-electron chi connectivity index (χ2n) is 6.80. The molecular weight excluding hydrogens is 336 g/mol. The predicted molar refractivity (Wildman–Crippen MR) is 99.3 cm³/mol. The maximum Gasteiger partial charge on any atom is 0.211 e. The molecule has 1 aromatic carbocycles. The molecule has 136 valence electrons. The van der Waals surface area contributed by atoms with Crippen molar-refractivity contribution in [1.82, 2.24) is 19.0 Å². The van der Waals surface area contributed by atoms with E-state index in [0.717, 1.165) is 43.1 Å². The average molecular weight is 362 g/mol. The molecule has 6 nitrogen and oxygen atoms in total. The Bertz CT molecular complexity index is 845. The normalized spacial score (nSPS) is 17.6. The van der Waals surface area contributed by atoms with Gasteiger partial charge in [0.25, 0.3) is 0 Å². The highest BCUT2D eigenvalue weighted by Crippen LogP contribution is 2.16. The smallest absolute Gasteiger partial charge is 0.211 e. The van der Waals surface area contributed by atoms with Crippen LogP contribution in [0.2, 0.25) is 0 Å². The molecule has 0 spiro atoms. The zero-order valence-corrected chi connectivity index (χ0v) is 16.0. The molecule has 1 fully saturated rings. The molecule has 2 aromatic rings. The fourth-order valence-electron chi connectivity index (χ4n) is 3.37. The lowest BCUT2D eigenvalue weighted by molar-refractivity contribution is 0.279. The molecule has 0 radical (unpaired) electrons. The minimum Gasteiger partial charge on any atom is -0.298 e. The van der Waals surface area contributed by atoms with Gasteiger partial charge in [0.2, 0.25) is 10.0 Å². The van der Waals surface area contributed by atoms with Crippen molar-refractivity contribution in [2.24, 2.45) is 0 Å². The van der Waals surface area contributed by atoms with Crippen LogP contribution in [0.3, 0.4) is 0 Å². The molecule has 0 aliphatic carbocycles. The Hall–Kier alpha value is -1.70. The molecule has 2 heterocycles. The Morgan fingerprint density at radius 3 is 2.56 bits per heavy atom. The summed E-state index contributed by atoms with van der Waals surface area (Å²) < 4.78 is 27.0. The van der Waals surface area contributed by atoms with Crippen molar-refractivity contribution in [1.29, 1.82) is 0 Å². The Balaban J connectivity index is 1.71. The largest absolute Gasteiger partial charge is 0.298 e. The second kappa shape index (κ2) is 7.27. The van der Waals surface area contributed by atoms with E-state index in [4.69, 9.17) is 0 Å². The van der Waals surface area contributed by atoms with Crippen molar-refractivity contribution >= 4 is 10.0 Å². The average Bonchev–Trinajstić information content (AvgIpc) is 2.72. The van der Waals surface area contributed by atoms with Crippen LogP contribution < -0.4 is 0 Å². The highest BCUT2D eigenvalue weighted by atomic mass is 32.2. The van der Waals surface area contributed by atoms with Crippen LogP contribution in [0.5, 0.6) is 0 Å². The summed E-state index contributed by atoms with van der Waals surface area (Å²) in [5.41, 5.74) is 4.41. The minimum absolute atomic E-state index is 0.565. The number of aromatic nitrogens is 2. The van der Waals surface area contributed by atoms with E-state index in [0.29, 0.717) is 13.1 Å². The Kier molecular flexibility index (Phi) is 5.27. The van der Waals surface area contributed by atoms with E-state index in [1.54, 1.807) is 4.31 Å². The number of benzene rings is 1. The van der Waals surface area contributed by atoms with Gasteiger partial charge in [-0.2, -0.15) is 5.10 Å². The number of rotatable bonds is 4. The number of hydrogen-bond donors (Lipinski definition) is 0. The van der Waals surface area contributed by atoms with Crippen LogP contribution in [0.1, 0.15) is 23.4 Å². The summed E-state index contributed by atoms with van der Waals surface area (Å²) in [6.07, 6.45) is 2.16. The minimum atomic E-state index is -3.10. The van der Waals surface area contributed by atoms with Gasteiger partial charge in [-0.05, 0) is 50.6 Å². The molecule has 1 aliphatic rings. The number of sulfonamides is 1. The highest BCUT2D eigenvalue weighted by molar-refractivity contribution is 7.88. The lowest BCUT2D eigenvalue weighted by Crippen LogP contribution is -2.34. The summed E-state index contributed by atoms with van der Waals surface area (Å²) in [6, 6.07) is 10.5. The van der Waals surface area contributed by atoms with Gasteiger partial charge in [-0.25, -0.2) is 17.4 Å². The molecule has 0 saturated carbocycles. The van der Waals surface area contributed by atoms with Gasteiger partial charge in [-0.1, -0.05) is 12.1 Å². The standard InChI is InChI=1S/C18H26N4O2S/c1-15-12-16(2)22(19-15)18-7-4-6-17(13-18)14-20-8-5-9-21(11-10-20)25(3,23)24/h4,6-7,12-13H,5,8-11,14H2,1-3H3. The Labute approximate surface area is 150 Å². The van der Waals surface area contributed by atoms with E-state index < -0.39 is 10.0 Å². The van der Waals surface area contributed by atoms with Crippen LogP contribution in [0.15, 0.2) is 30.3 Å². The monoisotopic (exact) mass is 362 g/mol. The van der Waals surface area contributed by atoms with Crippen LogP contribution in [0.25, 0.3) is 5.69 Å². The fourth-order valence-corrected chi connectivity index (χ4v) is 4.25. The Morgan fingerprint density at radius 1 is 1.08 bits per heavy atom.